The van der Waals surface area contributed by atoms with Crippen molar-refractivity contribution in [2.24, 2.45) is 9.98 Å². The Morgan fingerprint density at radius 3 is 1.31 bits per heavy atom. The molecule has 1 N–H and O–H groups in total. The van der Waals surface area contributed by atoms with E-state index in [-0.39, 0.29) is 11.8 Å². The number of aromatic nitrogens is 8. The first-order valence-corrected chi connectivity index (χ1v) is 29.7. The van der Waals surface area contributed by atoms with Gasteiger partial charge >= 0.3 is 0 Å². The number of aromatic amines is 1. The summed E-state index contributed by atoms with van der Waals surface area (Å²) in [5, 5.41) is 28.3. The number of amidine groups is 2. The minimum absolute atomic E-state index is 0.186. The maximum atomic E-state index is 13.8. The molecule has 7 aromatic carbocycles. The predicted molar refractivity (Wildman–Crippen MR) is 326 cm³/mol. The van der Waals surface area contributed by atoms with Gasteiger partial charge in [0.2, 0.25) is 5.82 Å². The minimum atomic E-state index is -0.852. The van der Waals surface area contributed by atoms with Gasteiger partial charge in [-0.25, -0.2) is 4.68 Å². The topological polar surface area (TPSA) is 163 Å². The smallest absolute Gasteiger partial charge is 0.256 e. The van der Waals surface area contributed by atoms with Crippen LogP contribution in [0.4, 0.5) is 0 Å². The van der Waals surface area contributed by atoms with Gasteiger partial charge in [-0.05, 0) is 104 Å². The van der Waals surface area contributed by atoms with Crippen molar-refractivity contribution in [1.82, 2.24) is 50.6 Å². The molecule has 2 aliphatic heterocycles. The largest absolute Gasteiger partial charge is 0.294 e. The van der Waals surface area contributed by atoms with Crippen LogP contribution in [-0.2, 0) is 28.2 Å². The van der Waals surface area contributed by atoms with Crippen LogP contribution in [0.1, 0.15) is 132 Å². The van der Waals surface area contributed by atoms with Crippen LogP contribution in [0.2, 0.25) is 0 Å². The summed E-state index contributed by atoms with van der Waals surface area (Å²) in [6.07, 6.45) is 13.9. The number of H-pyrrole nitrogens is 1. The molecule has 14 nitrogen and oxygen atoms in total. The van der Waals surface area contributed by atoms with Crippen LogP contribution in [0.5, 0.6) is 0 Å². The van der Waals surface area contributed by atoms with Crippen molar-refractivity contribution >= 4 is 23.5 Å². The molecule has 14 heteroatoms. The highest BCUT2D eigenvalue weighted by molar-refractivity contribution is 6.09. The van der Waals surface area contributed by atoms with Gasteiger partial charge in [0.1, 0.15) is 28.3 Å². The predicted octanol–water partition coefficient (Wildman–Crippen LogP) is 13.9. The molecule has 0 radical (unpaired) electrons. The monoisotopic (exact) mass is 1100 g/mol. The van der Waals surface area contributed by atoms with Gasteiger partial charge in [-0.3, -0.25) is 29.4 Å². The van der Waals surface area contributed by atoms with Gasteiger partial charge in [0.05, 0.1) is 13.1 Å². The van der Waals surface area contributed by atoms with Crippen molar-refractivity contribution in [1.29, 1.82) is 0 Å². The molecular formula is C69H70N12O2. The van der Waals surface area contributed by atoms with E-state index in [1.807, 2.05) is 56.9 Å². The first-order chi connectivity index (χ1) is 40.8. The van der Waals surface area contributed by atoms with Gasteiger partial charge in [-0.2, -0.15) is 5.21 Å². The van der Waals surface area contributed by atoms with Gasteiger partial charge in [0, 0.05) is 24.0 Å². The summed E-state index contributed by atoms with van der Waals surface area (Å²) in [6.45, 7) is 5.48. The number of tetrazole rings is 2. The van der Waals surface area contributed by atoms with Crippen molar-refractivity contribution in [3.8, 4) is 45.0 Å². The fraction of sp³-hybridized carbons (Fsp3) is 0.304. The van der Waals surface area contributed by atoms with Crippen molar-refractivity contribution in [3.63, 3.8) is 0 Å². The highest BCUT2D eigenvalue weighted by Crippen LogP contribution is 2.45. The minimum Gasteiger partial charge on any atom is -0.294 e. The molecule has 0 unspecified atom stereocenters. The zero-order valence-electron chi connectivity index (χ0n) is 47.4. The molecule has 2 fully saturated rings. The lowest BCUT2D eigenvalue weighted by atomic mass is 9.77. The summed E-state index contributed by atoms with van der Waals surface area (Å²) in [4.78, 5) is 41.1. The lowest BCUT2D eigenvalue weighted by Gasteiger charge is -2.36. The normalized spacial score (nSPS) is 16.2. The van der Waals surface area contributed by atoms with Crippen molar-refractivity contribution < 1.29 is 9.59 Å². The lowest BCUT2D eigenvalue weighted by Crippen LogP contribution is -2.40. The van der Waals surface area contributed by atoms with Crippen LogP contribution in [0.3, 0.4) is 0 Å². The van der Waals surface area contributed by atoms with Gasteiger partial charge in [-0.1, -0.05) is 240 Å². The van der Waals surface area contributed by atoms with Gasteiger partial charge in [0.15, 0.2) is 5.82 Å². The number of nitrogens with one attached hydrogen (secondary N) is 1. The number of amides is 2. The van der Waals surface area contributed by atoms with Crippen LogP contribution in [0, 0.1) is 0 Å². The first kappa shape index (κ1) is 54.5. The molecule has 83 heavy (non-hydrogen) atoms. The molecule has 9 aromatic rings. The molecule has 0 bridgehead atoms. The summed E-state index contributed by atoms with van der Waals surface area (Å²) in [7, 11) is 0. The highest BCUT2D eigenvalue weighted by Gasteiger charge is 2.51. The molecule has 2 saturated carbocycles. The Balaban J connectivity index is 0.000000182. The van der Waals surface area contributed by atoms with Gasteiger partial charge in [-0.15, -0.1) is 15.3 Å². The fourth-order valence-corrected chi connectivity index (χ4v) is 13.0. The zero-order valence-corrected chi connectivity index (χ0v) is 47.4. The number of carbonyl (C=O) groups is 2. The average Bonchev–Trinajstić information content (AvgIpc) is 4.32. The van der Waals surface area contributed by atoms with Crippen molar-refractivity contribution in [2.45, 2.75) is 133 Å². The average molecular weight is 1100 g/mol. The molecule has 2 amide bonds. The van der Waals surface area contributed by atoms with E-state index in [1.165, 1.54) is 0 Å². The number of carbonyl (C=O) groups excluding carboxylic acids is 2. The number of unbranched alkanes of at least 4 members (excludes halogenated alkanes) is 2. The SMILES string of the molecule is CCCCC1=NC2(CCCC2)C(=O)N1Cc1ccc(-c2ccccc2-c2nn[nH]n2)cc1.CCCCC1=NC2(CCCC2)C(=O)N1Cc1ccc(-c2ccccc2-c2nnnn2C(c2ccccc2)(c2ccccc2)c2ccccc2)cc1. The molecule has 2 spiro atoms. The number of rotatable bonds is 18. The first-order valence-electron chi connectivity index (χ1n) is 29.7. The Kier molecular flexibility index (Phi) is 15.9. The Hall–Kier alpha value is -9.04. The van der Waals surface area contributed by atoms with Crippen LogP contribution in [0.25, 0.3) is 45.0 Å². The van der Waals surface area contributed by atoms with E-state index in [0.29, 0.717) is 24.7 Å². The van der Waals surface area contributed by atoms with E-state index in [1.54, 1.807) is 0 Å². The number of nitrogens with zero attached hydrogens (tertiary/aromatic N) is 11. The van der Waals surface area contributed by atoms with Gasteiger partial charge < -0.3 is 0 Å². The second-order valence-electron chi connectivity index (χ2n) is 22.5. The van der Waals surface area contributed by atoms with Crippen LogP contribution in [0.15, 0.2) is 198 Å². The number of hydrogen-bond acceptors (Lipinski definition) is 10. The van der Waals surface area contributed by atoms with Crippen molar-refractivity contribution in [3.05, 3.63) is 216 Å². The summed E-state index contributed by atoms with van der Waals surface area (Å²) < 4.78 is 1.98. The quantitative estimate of drug-likeness (QED) is 0.0830. The lowest BCUT2D eigenvalue weighted by molar-refractivity contribution is -0.132. The Labute approximate surface area is 485 Å². The third-order valence-electron chi connectivity index (χ3n) is 17.2. The van der Waals surface area contributed by atoms with E-state index < -0.39 is 16.6 Å². The summed E-state index contributed by atoms with van der Waals surface area (Å²) >= 11 is 0. The van der Waals surface area contributed by atoms with Crippen LogP contribution in [-0.4, -0.2) is 85.2 Å². The van der Waals surface area contributed by atoms with E-state index in [0.717, 1.165) is 163 Å². The molecule has 4 aliphatic rings. The van der Waals surface area contributed by atoms with Crippen LogP contribution >= 0.6 is 0 Å². The Morgan fingerprint density at radius 1 is 0.482 bits per heavy atom. The molecule has 0 atom stereocenters. The molecule has 418 valence electrons. The third-order valence-corrected chi connectivity index (χ3v) is 17.2. The maximum absolute atomic E-state index is 13.8. The second-order valence-corrected chi connectivity index (χ2v) is 22.5. The molecule has 13 rings (SSSR count). The second kappa shape index (κ2) is 24.2. The Morgan fingerprint density at radius 2 is 0.892 bits per heavy atom. The number of aliphatic imine (C=N–C) groups is 2. The molecule has 2 aliphatic carbocycles. The fourth-order valence-electron chi connectivity index (χ4n) is 13.0. The highest BCUT2D eigenvalue weighted by atomic mass is 16.2. The molecule has 0 saturated heterocycles. The van der Waals surface area contributed by atoms with Crippen LogP contribution < -0.4 is 0 Å². The summed E-state index contributed by atoms with van der Waals surface area (Å²) in [5.41, 5.74) is 9.55. The van der Waals surface area contributed by atoms with E-state index in [2.05, 4.69) is 185 Å². The summed E-state index contributed by atoms with van der Waals surface area (Å²) in [5.74, 6) is 3.56. The van der Waals surface area contributed by atoms with E-state index >= 15 is 0 Å². The van der Waals surface area contributed by atoms with Crippen molar-refractivity contribution in [2.75, 3.05) is 0 Å². The molecular weight excluding hydrogens is 1030 g/mol. The zero-order chi connectivity index (χ0) is 56.6. The maximum Gasteiger partial charge on any atom is 0.256 e. The van der Waals surface area contributed by atoms with E-state index in [9.17, 15) is 9.59 Å². The Bertz CT molecular complexity index is 3620. The van der Waals surface area contributed by atoms with Gasteiger partial charge in [0.25, 0.3) is 11.8 Å². The third kappa shape index (κ3) is 10.6. The molecule has 2 aromatic heterocycles. The number of benzene rings is 7. The summed E-state index contributed by atoms with van der Waals surface area (Å²) in [6, 6.07) is 64.7. The standard InChI is InChI=1S/C44H42N6O.C25H28N6O/c1-2-3-25-40-45-43(30-15-16-31-43)42(51)49(40)32-33-26-28-34(29-27-33)38-23-13-14-24-39(38)41-46-47-48-50(41)44(35-17-7-4-8-18-35,36-19-9-5-10-20-36)37-21-11-6-12-22-37;1-2-3-10-22-26-25(15-6-7-16-25)24(32)31(22)17-18-11-13-19(14-12-18)20-8-4-5-9-21(20)23-27-29-30-28-23/h4-14,17-24,26-29H,2-3,15-16,25,30-32H2,1H3;4-5,8-9,11-14H,2-3,6-7,10,15-17H2,1H3,(H,27,28,29,30). The number of hydrogen-bond donors (Lipinski definition) is 1. The van der Waals surface area contributed by atoms with E-state index in [4.69, 9.17) is 20.3 Å². The molecule has 4 heterocycles.